The molecule has 1 aliphatic carbocycles. The predicted molar refractivity (Wildman–Crippen MR) is 122 cm³/mol. The van der Waals surface area contributed by atoms with Crippen LogP contribution in [0.5, 0.6) is 0 Å². The summed E-state index contributed by atoms with van der Waals surface area (Å²) in [5, 5.41) is 0. The van der Waals surface area contributed by atoms with Crippen LogP contribution in [0.1, 0.15) is 43.0 Å². The van der Waals surface area contributed by atoms with Crippen molar-refractivity contribution in [2.45, 2.75) is 38.7 Å². The van der Waals surface area contributed by atoms with Gasteiger partial charge >= 0.3 is 5.97 Å². The molecule has 3 aliphatic rings. The molecule has 8 nitrogen and oxygen atoms in total. The van der Waals surface area contributed by atoms with Crippen molar-refractivity contribution in [3.05, 3.63) is 29.8 Å². The van der Waals surface area contributed by atoms with Crippen molar-refractivity contribution < 1.29 is 28.6 Å². The minimum atomic E-state index is -0.522. The van der Waals surface area contributed by atoms with Gasteiger partial charge in [-0.2, -0.15) is 0 Å². The molecular weight excluding hydrogens is 424 g/mol. The zero-order chi connectivity index (χ0) is 23.6. The van der Waals surface area contributed by atoms with Crippen molar-refractivity contribution in [1.82, 2.24) is 4.90 Å². The Morgan fingerprint density at radius 3 is 2.70 bits per heavy atom. The SMILES string of the molecule is COCCN1C[C@H]2CCC[C@@](COC(=O)c3ccccc3N3C(=O)CC(C)C3=O)(C1)C2OC. The van der Waals surface area contributed by atoms with Crippen LogP contribution in [0.3, 0.4) is 0 Å². The number of rotatable bonds is 8. The number of para-hydroxylation sites is 1. The van der Waals surface area contributed by atoms with E-state index < -0.39 is 5.97 Å². The van der Waals surface area contributed by atoms with Crippen LogP contribution in [-0.4, -0.2) is 75.9 Å². The first-order valence-corrected chi connectivity index (χ1v) is 11.8. The second-order valence-electron chi connectivity index (χ2n) is 9.66. The van der Waals surface area contributed by atoms with Crippen molar-refractivity contribution in [3.63, 3.8) is 0 Å². The molecule has 8 heteroatoms. The molecule has 3 fully saturated rings. The smallest absolute Gasteiger partial charge is 0.340 e. The molecule has 0 radical (unpaired) electrons. The summed E-state index contributed by atoms with van der Waals surface area (Å²) in [5.74, 6) is -1.09. The second-order valence-corrected chi connectivity index (χ2v) is 9.66. The van der Waals surface area contributed by atoms with E-state index in [0.717, 1.165) is 43.8 Å². The Hall–Kier alpha value is -2.29. The second kappa shape index (κ2) is 9.91. The van der Waals surface area contributed by atoms with Crippen molar-refractivity contribution in [2.75, 3.05) is 52.0 Å². The monoisotopic (exact) mass is 458 g/mol. The van der Waals surface area contributed by atoms with E-state index in [9.17, 15) is 14.4 Å². The molecular formula is C25H34N2O6. The Balaban J connectivity index is 1.53. The number of amides is 2. The molecule has 0 spiro atoms. The number of esters is 1. The minimum absolute atomic E-state index is 0.0238. The molecule has 2 bridgehead atoms. The van der Waals surface area contributed by atoms with Gasteiger partial charge in [0.05, 0.1) is 24.0 Å². The molecule has 4 rings (SSSR count). The summed E-state index contributed by atoms with van der Waals surface area (Å²) >= 11 is 0. The van der Waals surface area contributed by atoms with E-state index in [-0.39, 0.29) is 47.8 Å². The van der Waals surface area contributed by atoms with E-state index in [1.807, 2.05) is 0 Å². The van der Waals surface area contributed by atoms with Gasteiger partial charge in [0.1, 0.15) is 6.61 Å². The van der Waals surface area contributed by atoms with Gasteiger partial charge in [-0.15, -0.1) is 0 Å². The predicted octanol–water partition coefficient (Wildman–Crippen LogP) is 2.51. The maximum Gasteiger partial charge on any atom is 0.340 e. The van der Waals surface area contributed by atoms with Crippen LogP contribution < -0.4 is 4.90 Å². The molecule has 0 aromatic heterocycles. The lowest BCUT2D eigenvalue weighted by atomic mass is 9.64. The van der Waals surface area contributed by atoms with Gasteiger partial charge in [0, 0.05) is 51.6 Å². The largest absolute Gasteiger partial charge is 0.461 e. The summed E-state index contributed by atoms with van der Waals surface area (Å²) in [5.41, 5.74) is 0.245. The Morgan fingerprint density at radius 2 is 2.00 bits per heavy atom. The highest BCUT2D eigenvalue weighted by Crippen LogP contribution is 2.46. The fourth-order valence-corrected chi connectivity index (χ4v) is 5.91. The minimum Gasteiger partial charge on any atom is -0.461 e. The molecule has 2 aliphatic heterocycles. The fourth-order valence-electron chi connectivity index (χ4n) is 5.91. The number of piperidine rings is 1. The van der Waals surface area contributed by atoms with Crippen molar-refractivity contribution in [1.29, 1.82) is 0 Å². The number of nitrogens with zero attached hydrogens (tertiary/aromatic N) is 2. The highest BCUT2D eigenvalue weighted by molar-refractivity contribution is 6.22. The number of fused-ring (bicyclic) bond motifs is 2. The fraction of sp³-hybridized carbons (Fsp3) is 0.640. The Morgan fingerprint density at radius 1 is 1.21 bits per heavy atom. The van der Waals surface area contributed by atoms with E-state index in [2.05, 4.69) is 4.90 Å². The van der Waals surface area contributed by atoms with Crippen LogP contribution in [0.4, 0.5) is 5.69 Å². The van der Waals surface area contributed by atoms with Gasteiger partial charge in [-0.3, -0.25) is 14.5 Å². The third-order valence-electron chi connectivity index (χ3n) is 7.41. The number of carbonyl (C=O) groups is 3. The van der Waals surface area contributed by atoms with E-state index in [1.165, 1.54) is 0 Å². The van der Waals surface area contributed by atoms with Crippen LogP contribution in [0, 0.1) is 17.3 Å². The lowest BCUT2D eigenvalue weighted by Gasteiger charge is -2.54. The number of hydrogen-bond acceptors (Lipinski definition) is 7. The number of methoxy groups -OCH3 is 2. The average Bonchev–Trinajstić information content (AvgIpc) is 3.06. The number of carbonyl (C=O) groups excluding carboxylic acids is 3. The van der Waals surface area contributed by atoms with Gasteiger partial charge in [0.15, 0.2) is 0 Å². The number of ether oxygens (including phenoxy) is 3. The first kappa shape index (κ1) is 23.9. The zero-order valence-corrected chi connectivity index (χ0v) is 19.7. The molecule has 1 saturated carbocycles. The van der Waals surface area contributed by atoms with Gasteiger partial charge in [-0.1, -0.05) is 25.5 Å². The molecule has 2 amide bonds. The van der Waals surface area contributed by atoms with E-state index in [1.54, 1.807) is 45.4 Å². The van der Waals surface area contributed by atoms with Gasteiger partial charge in [-0.05, 0) is 30.9 Å². The van der Waals surface area contributed by atoms with Gasteiger partial charge in [-0.25, -0.2) is 9.69 Å². The normalized spacial score (nSPS) is 30.0. The molecule has 2 saturated heterocycles. The Kier molecular flexibility index (Phi) is 7.16. The zero-order valence-electron chi connectivity index (χ0n) is 19.7. The summed E-state index contributed by atoms with van der Waals surface area (Å²) in [7, 11) is 3.44. The van der Waals surface area contributed by atoms with Gasteiger partial charge in [0.2, 0.25) is 11.8 Å². The topological polar surface area (TPSA) is 85.4 Å². The maximum absolute atomic E-state index is 13.2. The maximum atomic E-state index is 13.2. The van der Waals surface area contributed by atoms with E-state index in [0.29, 0.717) is 18.2 Å². The molecule has 1 aromatic rings. The molecule has 2 unspecified atom stereocenters. The van der Waals surface area contributed by atoms with E-state index >= 15 is 0 Å². The number of anilines is 1. The van der Waals surface area contributed by atoms with Crippen molar-refractivity contribution in [3.8, 4) is 0 Å². The Labute approximate surface area is 195 Å². The number of hydrogen-bond donors (Lipinski definition) is 0. The van der Waals surface area contributed by atoms with Crippen LogP contribution in [0.2, 0.25) is 0 Å². The molecule has 180 valence electrons. The summed E-state index contributed by atoms with van der Waals surface area (Å²) in [6.45, 7) is 5.18. The summed E-state index contributed by atoms with van der Waals surface area (Å²) in [4.78, 5) is 41.7. The quantitative estimate of drug-likeness (QED) is 0.437. The highest BCUT2D eigenvalue weighted by Gasteiger charge is 2.51. The van der Waals surface area contributed by atoms with Crippen LogP contribution in [-0.2, 0) is 23.8 Å². The summed E-state index contributed by atoms with van der Waals surface area (Å²) < 4.78 is 17.1. The highest BCUT2D eigenvalue weighted by atomic mass is 16.5. The lowest BCUT2D eigenvalue weighted by molar-refractivity contribution is -0.152. The Bertz CT molecular complexity index is 905. The van der Waals surface area contributed by atoms with Gasteiger partial charge < -0.3 is 14.2 Å². The standard InChI is InChI=1S/C25H34N2O6/c1-17-13-21(28)27(23(17)29)20-9-5-4-8-19(20)24(30)33-16-25-10-6-7-18(22(25)32-3)14-26(15-25)11-12-31-2/h4-5,8-9,17-18,22H,6-7,10-16H2,1-3H3/t17?,18-,22?,25+/m1/s1. The molecule has 0 N–H and O–H groups in total. The average molecular weight is 459 g/mol. The third kappa shape index (κ3) is 4.56. The number of imide groups is 1. The number of likely N-dealkylation sites (tertiary alicyclic amines) is 1. The first-order chi connectivity index (χ1) is 15.9. The molecule has 4 atom stereocenters. The lowest BCUT2D eigenvalue weighted by Crippen LogP contribution is -2.61. The van der Waals surface area contributed by atoms with Crippen LogP contribution in [0.25, 0.3) is 0 Å². The summed E-state index contributed by atoms with van der Waals surface area (Å²) in [6, 6.07) is 6.68. The number of benzene rings is 1. The molecule has 2 heterocycles. The first-order valence-electron chi connectivity index (χ1n) is 11.8. The molecule has 33 heavy (non-hydrogen) atoms. The summed E-state index contributed by atoms with van der Waals surface area (Å²) in [6.07, 6.45) is 3.26. The van der Waals surface area contributed by atoms with Crippen LogP contribution in [0.15, 0.2) is 24.3 Å². The van der Waals surface area contributed by atoms with Crippen molar-refractivity contribution in [2.24, 2.45) is 17.3 Å². The van der Waals surface area contributed by atoms with Gasteiger partial charge in [0.25, 0.3) is 0 Å². The third-order valence-corrected chi connectivity index (χ3v) is 7.41. The van der Waals surface area contributed by atoms with Crippen molar-refractivity contribution >= 4 is 23.5 Å². The van der Waals surface area contributed by atoms with Crippen LogP contribution >= 0.6 is 0 Å². The molecule has 1 aromatic carbocycles. The van der Waals surface area contributed by atoms with E-state index in [4.69, 9.17) is 14.2 Å².